The number of aliphatic hydroxyl groups excluding tert-OH is 1. The SMILES string of the molecule is Cc1ccoc1C(=O)N[C@@H](CO)Cc1ccccc1. The van der Waals surface area contributed by atoms with Crippen molar-refractivity contribution in [3.05, 3.63) is 59.5 Å². The number of nitrogens with one attached hydrogen (secondary N) is 1. The van der Waals surface area contributed by atoms with E-state index in [0.717, 1.165) is 11.1 Å². The fourth-order valence-corrected chi connectivity index (χ4v) is 1.92. The normalized spacial score (nSPS) is 12.1. The molecule has 19 heavy (non-hydrogen) atoms. The number of amides is 1. The molecule has 0 aliphatic carbocycles. The summed E-state index contributed by atoms with van der Waals surface area (Å²) in [6.07, 6.45) is 2.07. The standard InChI is InChI=1S/C15H17NO3/c1-11-7-8-19-14(11)15(18)16-13(10-17)9-12-5-3-2-4-6-12/h2-8,13,17H,9-10H2,1H3,(H,16,18)/t13-/m1/s1. The smallest absolute Gasteiger partial charge is 0.287 e. The Morgan fingerprint density at radius 2 is 2.05 bits per heavy atom. The van der Waals surface area contributed by atoms with Crippen LogP contribution in [0.2, 0.25) is 0 Å². The van der Waals surface area contributed by atoms with Crippen LogP contribution in [0.15, 0.2) is 47.1 Å². The zero-order valence-corrected chi connectivity index (χ0v) is 10.8. The molecule has 0 aliphatic rings. The molecule has 0 saturated carbocycles. The van der Waals surface area contributed by atoms with Crippen LogP contribution in [0, 0.1) is 6.92 Å². The first-order valence-electron chi connectivity index (χ1n) is 6.20. The van der Waals surface area contributed by atoms with Crippen molar-refractivity contribution in [2.45, 2.75) is 19.4 Å². The van der Waals surface area contributed by atoms with Gasteiger partial charge in [-0.1, -0.05) is 30.3 Å². The van der Waals surface area contributed by atoms with Gasteiger partial charge in [0.05, 0.1) is 18.9 Å². The number of aryl methyl sites for hydroxylation is 1. The van der Waals surface area contributed by atoms with Crippen LogP contribution < -0.4 is 5.32 Å². The van der Waals surface area contributed by atoms with Gasteiger partial charge in [0.15, 0.2) is 5.76 Å². The molecule has 1 amide bonds. The quantitative estimate of drug-likeness (QED) is 0.862. The van der Waals surface area contributed by atoms with Crippen LogP contribution in [-0.4, -0.2) is 23.7 Å². The lowest BCUT2D eigenvalue weighted by atomic mass is 10.1. The highest BCUT2D eigenvalue weighted by Crippen LogP contribution is 2.09. The van der Waals surface area contributed by atoms with E-state index >= 15 is 0 Å². The van der Waals surface area contributed by atoms with Crippen molar-refractivity contribution in [2.75, 3.05) is 6.61 Å². The van der Waals surface area contributed by atoms with Crippen molar-refractivity contribution in [3.63, 3.8) is 0 Å². The maximum Gasteiger partial charge on any atom is 0.287 e. The van der Waals surface area contributed by atoms with Crippen LogP contribution >= 0.6 is 0 Å². The lowest BCUT2D eigenvalue weighted by Crippen LogP contribution is -2.39. The second-order valence-corrected chi connectivity index (χ2v) is 4.48. The summed E-state index contributed by atoms with van der Waals surface area (Å²) in [7, 11) is 0. The van der Waals surface area contributed by atoms with E-state index in [1.807, 2.05) is 37.3 Å². The fraction of sp³-hybridized carbons (Fsp3) is 0.267. The Bertz CT molecular complexity index is 533. The molecular formula is C15H17NO3. The maximum absolute atomic E-state index is 12.0. The van der Waals surface area contributed by atoms with Gasteiger partial charge in [-0.05, 0) is 25.0 Å². The average molecular weight is 259 g/mol. The Labute approximate surface area is 112 Å². The van der Waals surface area contributed by atoms with Crippen molar-refractivity contribution in [2.24, 2.45) is 0 Å². The number of rotatable bonds is 5. The first-order valence-corrected chi connectivity index (χ1v) is 6.20. The summed E-state index contributed by atoms with van der Waals surface area (Å²) in [5.41, 5.74) is 1.85. The number of hydrogen-bond donors (Lipinski definition) is 2. The first-order chi connectivity index (χ1) is 9.20. The fourth-order valence-electron chi connectivity index (χ4n) is 1.92. The van der Waals surface area contributed by atoms with Gasteiger partial charge in [-0.2, -0.15) is 0 Å². The highest BCUT2D eigenvalue weighted by atomic mass is 16.3. The van der Waals surface area contributed by atoms with E-state index in [9.17, 15) is 9.90 Å². The van der Waals surface area contributed by atoms with Crippen LogP contribution in [0.3, 0.4) is 0 Å². The van der Waals surface area contributed by atoms with Gasteiger partial charge in [-0.15, -0.1) is 0 Å². The van der Waals surface area contributed by atoms with Gasteiger partial charge in [-0.25, -0.2) is 0 Å². The lowest BCUT2D eigenvalue weighted by molar-refractivity contribution is 0.0887. The zero-order valence-electron chi connectivity index (χ0n) is 10.8. The van der Waals surface area contributed by atoms with E-state index in [-0.39, 0.29) is 18.6 Å². The number of aliphatic hydroxyl groups is 1. The van der Waals surface area contributed by atoms with Crippen LogP contribution in [0.4, 0.5) is 0 Å². The molecule has 0 unspecified atom stereocenters. The monoisotopic (exact) mass is 259 g/mol. The van der Waals surface area contributed by atoms with Crippen molar-refractivity contribution >= 4 is 5.91 Å². The predicted octanol–water partition coefficient (Wildman–Crippen LogP) is 1.92. The van der Waals surface area contributed by atoms with E-state index in [4.69, 9.17) is 4.42 Å². The average Bonchev–Trinajstić information content (AvgIpc) is 2.85. The molecule has 0 bridgehead atoms. The van der Waals surface area contributed by atoms with Gasteiger partial charge in [0.25, 0.3) is 5.91 Å². The van der Waals surface area contributed by atoms with Crippen molar-refractivity contribution < 1.29 is 14.3 Å². The topological polar surface area (TPSA) is 62.5 Å². The van der Waals surface area contributed by atoms with Crippen molar-refractivity contribution in [1.29, 1.82) is 0 Å². The third-order valence-electron chi connectivity index (χ3n) is 2.95. The van der Waals surface area contributed by atoms with Crippen molar-refractivity contribution in [1.82, 2.24) is 5.32 Å². The molecule has 0 spiro atoms. The summed E-state index contributed by atoms with van der Waals surface area (Å²) in [6.45, 7) is 1.70. The summed E-state index contributed by atoms with van der Waals surface area (Å²) in [6, 6.07) is 11.1. The summed E-state index contributed by atoms with van der Waals surface area (Å²) < 4.78 is 5.13. The lowest BCUT2D eigenvalue weighted by Gasteiger charge is -2.15. The zero-order chi connectivity index (χ0) is 13.7. The number of benzene rings is 1. The molecule has 1 atom stereocenters. The number of furan rings is 1. The first kappa shape index (κ1) is 13.4. The summed E-state index contributed by atoms with van der Waals surface area (Å²) in [5.74, 6) is 0.00370. The molecule has 0 radical (unpaired) electrons. The molecule has 1 aromatic carbocycles. The van der Waals surface area contributed by atoms with Crippen molar-refractivity contribution in [3.8, 4) is 0 Å². The molecule has 1 heterocycles. The molecule has 4 nitrogen and oxygen atoms in total. The second kappa shape index (κ2) is 6.20. The maximum atomic E-state index is 12.0. The Morgan fingerprint density at radius 3 is 2.63 bits per heavy atom. The van der Waals surface area contributed by atoms with Gasteiger partial charge < -0.3 is 14.8 Å². The predicted molar refractivity (Wildman–Crippen MR) is 71.9 cm³/mol. The molecule has 0 saturated heterocycles. The summed E-state index contributed by atoms with van der Waals surface area (Å²) in [4.78, 5) is 12.0. The van der Waals surface area contributed by atoms with E-state index in [1.165, 1.54) is 6.26 Å². The molecule has 1 aromatic heterocycles. The molecule has 2 rings (SSSR count). The summed E-state index contributed by atoms with van der Waals surface area (Å²) >= 11 is 0. The van der Waals surface area contributed by atoms with Gasteiger partial charge in [0.2, 0.25) is 0 Å². The van der Waals surface area contributed by atoms with E-state index in [2.05, 4.69) is 5.32 Å². The third kappa shape index (κ3) is 3.45. The molecule has 100 valence electrons. The minimum atomic E-state index is -0.320. The number of hydrogen-bond acceptors (Lipinski definition) is 3. The van der Waals surface area contributed by atoms with Gasteiger partial charge >= 0.3 is 0 Å². The number of carbonyl (C=O) groups excluding carboxylic acids is 1. The largest absolute Gasteiger partial charge is 0.459 e. The van der Waals surface area contributed by atoms with Crippen LogP contribution in [0.1, 0.15) is 21.7 Å². The highest BCUT2D eigenvalue weighted by Gasteiger charge is 2.17. The highest BCUT2D eigenvalue weighted by molar-refractivity contribution is 5.93. The summed E-state index contributed by atoms with van der Waals surface area (Å²) in [5, 5.41) is 12.1. The Balaban J connectivity index is 2.00. The Kier molecular flexibility index (Phi) is 4.36. The molecule has 2 N–H and O–H groups in total. The van der Waals surface area contributed by atoms with Crippen LogP contribution in [-0.2, 0) is 6.42 Å². The molecule has 2 aromatic rings. The minimum absolute atomic E-state index is 0.111. The van der Waals surface area contributed by atoms with Gasteiger partial charge in [-0.3, -0.25) is 4.79 Å². The molecule has 4 heteroatoms. The van der Waals surface area contributed by atoms with Gasteiger partial charge in [0.1, 0.15) is 0 Å². The third-order valence-corrected chi connectivity index (χ3v) is 2.95. The molecular weight excluding hydrogens is 242 g/mol. The van der Waals surface area contributed by atoms with E-state index in [0.29, 0.717) is 12.2 Å². The Morgan fingerprint density at radius 1 is 1.32 bits per heavy atom. The number of carbonyl (C=O) groups is 1. The van der Waals surface area contributed by atoms with Gasteiger partial charge in [0, 0.05) is 5.56 Å². The Hall–Kier alpha value is -2.07. The molecule has 0 aliphatic heterocycles. The van der Waals surface area contributed by atoms with Crippen LogP contribution in [0.25, 0.3) is 0 Å². The molecule has 0 fully saturated rings. The van der Waals surface area contributed by atoms with E-state index < -0.39 is 0 Å². The second-order valence-electron chi connectivity index (χ2n) is 4.48. The van der Waals surface area contributed by atoms with Crippen LogP contribution in [0.5, 0.6) is 0 Å². The minimum Gasteiger partial charge on any atom is -0.459 e. The van der Waals surface area contributed by atoms with E-state index in [1.54, 1.807) is 6.07 Å².